The summed E-state index contributed by atoms with van der Waals surface area (Å²) in [7, 11) is 1.97. The molecule has 0 radical (unpaired) electrons. The second-order valence-electron chi connectivity index (χ2n) is 11.5. The van der Waals surface area contributed by atoms with E-state index in [0.29, 0.717) is 36.6 Å². The summed E-state index contributed by atoms with van der Waals surface area (Å²) in [4.78, 5) is 27.1. The van der Waals surface area contributed by atoms with Crippen LogP contribution in [0.4, 0.5) is 4.39 Å². The van der Waals surface area contributed by atoms with Crippen molar-refractivity contribution in [3.63, 3.8) is 0 Å². The van der Waals surface area contributed by atoms with E-state index in [0.717, 1.165) is 24.8 Å². The first-order valence-electron chi connectivity index (χ1n) is 12.7. The number of amides is 2. The zero-order chi connectivity index (χ0) is 23.4. The van der Waals surface area contributed by atoms with Gasteiger partial charge in [0, 0.05) is 31.0 Å². The predicted octanol–water partition coefficient (Wildman–Crippen LogP) is 4.88. The summed E-state index contributed by atoms with van der Waals surface area (Å²) in [6, 6.07) is 6.98. The average Bonchev–Trinajstić information content (AvgIpc) is 3.12. The number of halogens is 1. The molecule has 3 fully saturated rings. The minimum atomic E-state index is -0.242. The molecule has 5 rings (SSSR count). The van der Waals surface area contributed by atoms with E-state index in [1.165, 1.54) is 31.4 Å². The first kappa shape index (κ1) is 22.6. The van der Waals surface area contributed by atoms with Crippen LogP contribution >= 0.6 is 0 Å². The number of rotatable bonds is 4. The molecule has 1 aliphatic heterocycles. The van der Waals surface area contributed by atoms with Gasteiger partial charge in [-0.15, -0.1) is 0 Å². The van der Waals surface area contributed by atoms with E-state index in [1.54, 1.807) is 18.2 Å². The van der Waals surface area contributed by atoms with Crippen molar-refractivity contribution >= 4 is 11.8 Å². The Kier molecular flexibility index (Phi) is 5.65. The minimum Gasteiger partial charge on any atom is -0.353 e. The van der Waals surface area contributed by atoms with Crippen LogP contribution in [0.5, 0.6) is 0 Å². The second kappa shape index (κ2) is 8.25. The summed E-state index contributed by atoms with van der Waals surface area (Å²) in [5, 5.41) is 3.39. The normalized spacial score (nSPS) is 39.6. The standard InChI is InChI=1S/C28H37FN2O2/c1-27-16-14-22-20(9-12-24-28(22,2)17-15-26(33)31(24)3)21(27)10-11-23(27)30-25(32)13-6-18-4-7-19(29)8-5-18/h4-5,7-8,15,17,20-24H,6,9-14,16H2,1-3H3,(H,30,32)/t20-,21-,22-,23-,24+,27-,28+/m0/s1. The second-order valence-corrected chi connectivity index (χ2v) is 11.5. The van der Waals surface area contributed by atoms with Crippen LogP contribution in [0.25, 0.3) is 0 Å². The fraction of sp³-hybridized carbons (Fsp3) is 0.643. The molecule has 0 spiro atoms. The number of benzene rings is 1. The van der Waals surface area contributed by atoms with Gasteiger partial charge in [0.2, 0.25) is 11.8 Å². The molecule has 7 atom stereocenters. The lowest BCUT2D eigenvalue weighted by Crippen LogP contribution is -2.60. The molecule has 178 valence electrons. The van der Waals surface area contributed by atoms with Crippen LogP contribution in [0.2, 0.25) is 0 Å². The maximum Gasteiger partial charge on any atom is 0.246 e. The highest BCUT2D eigenvalue weighted by atomic mass is 19.1. The van der Waals surface area contributed by atoms with E-state index in [4.69, 9.17) is 0 Å². The zero-order valence-electron chi connectivity index (χ0n) is 20.1. The van der Waals surface area contributed by atoms with Crippen molar-refractivity contribution in [2.75, 3.05) is 7.05 Å². The lowest BCUT2D eigenvalue weighted by atomic mass is 9.48. The summed E-state index contributed by atoms with van der Waals surface area (Å²) in [6.07, 6.45) is 11.9. The Morgan fingerprint density at radius 2 is 1.85 bits per heavy atom. The maximum atomic E-state index is 13.1. The van der Waals surface area contributed by atoms with Crippen LogP contribution in [-0.2, 0) is 16.0 Å². The zero-order valence-corrected chi connectivity index (χ0v) is 20.1. The SMILES string of the molecule is CN1C(=O)C=C[C@]2(C)[C@H]3CC[C@]4(C)[C@@H](NC(=O)CCc5ccc(F)cc5)CC[C@H]4[C@@H]3CC[C@@H]12. The minimum absolute atomic E-state index is 0.0589. The molecule has 5 heteroatoms. The van der Waals surface area contributed by atoms with Crippen LogP contribution < -0.4 is 5.32 Å². The maximum absolute atomic E-state index is 13.1. The van der Waals surface area contributed by atoms with Gasteiger partial charge < -0.3 is 10.2 Å². The number of hydrogen-bond donors (Lipinski definition) is 1. The van der Waals surface area contributed by atoms with Gasteiger partial charge in [-0.3, -0.25) is 9.59 Å². The van der Waals surface area contributed by atoms with Crippen molar-refractivity contribution in [2.45, 2.75) is 77.3 Å². The topological polar surface area (TPSA) is 49.4 Å². The number of aryl methyl sites for hydroxylation is 1. The summed E-state index contributed by atoms with van der Waals surface area (Å²) >= 11 is 0. The van der Waals surface area contributed by atoms with Crippen molar-refractivity contribution in [1.29, 1.82) is 0 Å². The molecule has 1 aromatic carbocycles. The number of fused-ring (bicyclic) bond motifs is 5. The van der Waals surface area contributed by atoms with E-state index in [2.05, 4.69) is 25.2 Å². The Labute approximate surface area is 197 Å². The number of hydrogen-bond acceptors (Lipinski definition) is 2. The first-order valence-corrected chi connectivity index (χ1v) is 12.7. The molecule has 4 aliphatic rings. The summed E-state index contributed by atoms with van der Waals surface area (Å²) in [5.41, 5.74) is 1.20. The highest BCUT2D eigenvalue weighted by molar-refractivity contribution is 5.89. The number of likely N-dealkylation sites (N-methyl/N-ethyl adjacent to an activating group) is 1. The number of carbonyl (C=O) groups is 2. The van der Waals surface area contributed by atoms with Crippen LogP contribution in [0.15, 0.2) is 36.4 Å². The molecule has 33 heavy (non-hydrogen) atoms. The van der Waals surface area contributed by atoms with Gasteiger partial charge in [-0.25, -0.2) is 4.39 Å². The van der Waals surface area contributed by atoms with Gasteiger partial charge in [0.25, 0.3) is 0 Å². The Bertz CT molecular complexity index is 959. The van der Waals surface area contributed by atoms with Gasteiger partial charge in [0.1, 0.15) is 5.82 Å². The van der Waals surface area contributed by atoms with Crippen LogP contribution in [0.3, 0.4) is 0 Å². The van der Waals surface area contributed by atoms with Crippen molar-refractivity contribution in [2.24, 2.45) is 28.6 Å². The number of nitrogens with zero attached hydrogens (tertiary/aromatic N) is 1. The van der Waals surface area contributed by atoms with Crippen molar-refractivity contribution in [3.8, 4) is 0 Å². The fourth-order valence-corrected chi connectivity index (χ4v) is 8.15. The van der Waals surface area contributed by atoms with Gasteiger partial charge in [0.05, 0.1) is 0 Å². The Morgan fingerprint density at radius 3 is 2.61 bits per heavy atom. The van der Waals surface area contributed by atoms with Crippen LogP contribution in [0.1, 0.15) is 64.4 Å². The molecular weight excluding hydrogens is 415 g/mol. The molecule has 0 aromatic heterocycles. The molecule has 0 unspecified atom stereocenters. The predicted molar refractivity (Wildman–Crippen MR) is 127 cm³/mol. The van der Waals surface area contributed by atoms with Crippen molar-refractivity contribution in [1.82, 2.24) is 10.2 Å². The van der Waals surface area contributed by atoms with Crippen molar-refractivity contribution < 1.29 is 14.0 Å². The lowest BCUT2D eigenvalue weighted by molar-refractivity contribution is -0.138. The van der Waals surface area contributed by atoms with E-state index in [9.17, 15) is 14.0 Å². The van der Waals surface area contributed by atoms with E-state index in [-0.39, 0.29) is 34.5 Å². The smallest absolute Gasteiger partial charge is 0.246 e. The summed E-state index contributed by atoms with van der Waals surface area (Å²) in [5.74, 6) is 1.91. The van der Waals surface area contributed by atoms with Crippen molar-refractivity contribution in [3.05, 3.63) is 47.8 Å². The first-order chi connectivity index (χ1) is 15.7. The van der Waals surface area contributed by atoms with Gasteiger partial charge in [-0.05, 0) is 91.9 Å². The summed E-state index contributed by atoms with van der Waals surface area (Å²) in [6.45, 7) is 4.78. The quantitative estimate of drug-likeness (QED) is 0.708. The molecule has 1 aromatic rings. The van der Waals surface area contributed by atoms with E-state index in [1.807, 2.05) is 11.9 Å². The fourth-order valence-electron chi connectivity index (χ4n) is 8.15. The lowest BCUT2D eigenvalue weighted by Gasteiger charge is -2.60. The monoisotopic (exact) mass is 452 g/mol. The highest BCUT2D eigenvalue weighted by Crippen LogP contribution is 2.63. The molecule has 3 saturated carbocycles. The Hall–Kier alpha value is -2.17. The Morgan fingerprint density at radius 1 is 1.09 bits per heavy atom. The van der Waals surface area contributed by atoms with Crippen LogP contribution in [-0.4, -0.2) is 35.8 Å². The molecule has 1 heterocycles. The third kappa shape index (κ3) is 3.72. The number of carbonyl (C=O) groups excluding carboxylic acids is 2. The molecule has 0 saturated heterocycles. The average molecular weight is 453 g/mol. The molecule has 0 bridgehead atoms. The van der Waals surface area contributed by atoms with Gasteiger partial charge in [-0.1, -0.05) is 32.1 Å². The number of nitrogens with one attached hydrogen (secondary N) is 1. The molecule has 4 nitrogen and oxygen atoms in total. The highest BCUT2D eigenvalue weighted by Gasteiger charge is 2.60. The molecule has 2 amide bonds. The Balaban J connectivity index is 1.26. The summed E-state index contributed by atoms with van der Waals surface area (Å²) < 4.78 is 13.1. The largest absolute Gasteiger partial charge is 0.353 e. The third-order valence-corrected chi connectivity index (χ3v) is 10.0. The molecule has 3 aliphatic carbocycles. The third-order valence-electron chi connectivity index (χ3n) is 10.0. The van der Waals surface area contributed by atoms with E-state index < -0.39 is 0 Å². The molecule has 1 N–H and O–H groups in total. The molecular formula is C28H37FN2O2. The van der Waals surface area contributed by atoms with E-state index >= 15 is 0 Å². The van der Waals surface area contributed by atoms with Gasteiger partial charge in [-0.2, -0.15) is 0 Å². The van der Waals surface area contributed by atoms with Gasteiger partial charge in [0.15, 0.2) is 0 Å². The van der Waals surface area contributed by atoms with Gasteiger partial charge >= 0.3 is 0 Å². The van der Waals surface area contributed by atoms with Crippen LogP contribution in [0, 0.1) is 34.4 Å².